The van der Waals surface area contributed by atoms with E-state index in [-0.39, 0.29) is 0 Å². The third kappa shape index (κ3) is 8.15. The zero-order chi connectivity index (χ0) is 15.5. The Kier molecular flexibility index (Phi) is 10.3. The average molecular weight is 299 g/mol. The van der Waals surface area contributed by atoms with Gasteiger partial charge >= 0.3 is 0 Å². The minimum Gasteiger partial charge on any atom is -0.312 e. The van der Waals surface area contributed by atoms with Gasteiger partial charge in [-0.1, -0.05) is 27.7 Å². The molecule has 0 saturated heterocycles. The van der Waals surface area contributed by atoms with E-state index >= 15 is 0 Å². The van der Waals surface area contributed by atoms with Gasteiger partial charge in [0.15, 0.2) is 0 Å². The van der Waals surface area contributed by atoms with Crippen molar-refractivity contribution in [1.29, 1.82) is 0 Å². The molecule has 2 unspecified atom stereocenters. The lowest BCUT2D eigenvalue weighted by atomic mass is 10.3. The van der Waals surface area contributed by atoms with Gasteiger partial charge in [0.1, 0.15) is 0 Å². The monoisotopic (exact) mass is 298 g/mol. The Morgan fingerprint density at radius 2 is 1.10 bits per heavy atom. The lowest BCUT2D eigenvalue weighted by molar-refractivity contribution is 0.296. The van der Waals surface area contributed by atoms with Crippen LogP contribution in [0.25, 0.3) is 0 Å². The first kappa shape index (κ1) is 18.9. The van der Waals surface area contributed by atoms with Crippen molar-refractivity contribution < 1.29 is 0 Å². The van der Waals surface area contributed by atoms with Gasteiger partial charge in [0.25, 0.3) is 0 Å². The number of hydrogen-bond donors (Lipinski definition) is 2. The molecule has 0 bridgehead atoms. The maximum Gasteiger partial charge on any atom is 0.0237 e. The summed E-state index contributed by atoms with van der Waals surface area (Å²) < 4.78 is 0. The Labute approximate surface area is 132 Å². The van der Waals surface area contributed by atoms with E-state index in [1.165, 1.54) is 71.6 Å². The molecule has 21 heavy (non-hydrogen) atoms. The molecule has 2 atom stereocenters. The topological polar surface area (TPSA) is 30.5 Å². The first-order chi connectivity index (χ1) is 10.2. The highest BCUT2D eigenvalue weighted by Gasteiger charge is 2.35. The van der Waals surface area contributed by atoms with Crippen LogP contribution < -0.4 is 10.6 Å². The van der Waals surface area contributed by atoms with Crippen molar-refractivity contribution in [1.82, 2.24) is 20.4 Å². The lowest BCUT2D eigenvalue weighted by Gasteiger charge is -2.18. The molecular weight excluding hydrogens is 260 g/mol. The second-order valence-corrected chi connectivity index (χ2v) is 6.12. The Balaban J connectivity index is 1.90. The summed E-state index contributed by atoms with van der Waals surface area (Å²) in [7, 11) is 0. The molecule has 0 aromatic rings. The normalized spacial score (nSPS) is 21.4. The highest BCUT2D eigenvalue weighted by atomic mass is 15.1. The van der Waals surface area contributed by atoms with Gasteiger partial charge < -0.3 is 20.4 Å². The van der Waals surface area contributed by atoms with E-state index in [0.29, 0.717) is 0 Å². The van der Waals surface area contributed by atoms with Crippen LogP contribution in [0.3, 0.4) is 0 Å². The van der Waals surface area contributed by atoms with Crippen LogP contribution in [0, 0.1) is 0 Å². The number of rotatable bonds is 14. The van der Waals surface area contributed by atoms with Crippen LogP contribution in [0.2, 0.25) is 0 Å². The molecule has 126 valence electrons. The second kappa shape index (κ2) is 11.4. The Morgan fingerprint density at radius 3 is 1.43 bits per heavy atom. The van der Waals surface area contributed by atoms with Crippen molar-refractivity contribution in [3.8, 4) is 0 Å². The number of hydrogen-bond acceptors (Lipinski definition) is 4. The van der Waals surface area contributed by atoms with Gasteiger partial charge in [0.2, 0.25) is 0 Å². The van der Waals surface area contributed by atoms with Crippen LogP contribution in [0.4, 0.5) is 0 Å². The van der Waals surface area contributed by atoms with Crippen molar-refractivity contribution in [2.24, 2.45) is 0 Å². The number of nitrogens with zero attached hydrogens (tertiary/aromatic N) is 2. The summed E-state index contributed by atoms with van der Waals surface area (Å²) in [6.07, 6.45) is 3.86. The van der Waals surface area contributed by atoms with Gasteiger partial charge in [-0.25, -0.2) is 0 Å². The van der Waals surface area contributed by atoms with Gasteiger partial charge in [-0.2, -0.15) is 0 Å². The summed E-state index contributed by atoms with van der Waals surface area (Å²) in [5.41, 5.74) is 0. The van der Waals surface area contributed by atoms with Gasteiger partial charge in [-0.05, 0) is 71.6 Å². The van der Waals surface area contributed by atoms with Crippen LogP contribution in [0.5, 0.6) is 0 Å². The molecule has 2 N–H and O–H groups in total. The molecule has 1 rings (SSSR count). The molecule has 0 spiro atoms. The second-order valence-electron chi connectivity index (χ2n) is 6.12. The molecule has 1 aliphatic carbocycles. The van der Waals surface area contributed by atoms with E-state index < -0.39 is 0 Å². The molecule has 0 amide bonds. The van der Waals surface area contributed by atoms with E-state index in [0.717, 1.165) is 12.1 Å². The van der Waals surface area contributed by atoms with Crippen molar-refractivity contribution in [2.75, 3.05) is 52.4 Å². The third-order valence-electron chi connectivity index (χ3n) is 4.69. The predicted octanol–water partition coefficient (Wildman–Crippen LogP) is 1.77. The van der Waals surface area contributed by atoms with Gasteiger partial charge in [0, 0.05) is 12.1 Å². The fraction of sp³-hybridized carbons (Fsp3) is 1.00. The summed E-state index contributed by atoms with van der Waals surface area (Å²) >= 11 is 0. The quantitative estimate of drug-likeness (QED) is 0.479. The zero-order valence-electron chi connectivity index (χ0n) is 14.8. The van der Waals surface area contributed by atoms with Crippen LogP contribution in [-0.4, -0.2) is 74.2 Å². The van der Waals surface area contributed by atoms with Crippen LogP contribution >= 0.6 is 0 Å². The summed E-state index contributed by atoms with van der Waals surface area (Å²) in [4.78, 5) is 5.00. The average Bonchev–Trinajstić information content (AvgIpc) is 3.26. The Bertz CT molecular complexity index is 215. The van der Waals surface area contributed by atoms with Gasteiger partial charge in [-0.15, -0.1) is 0 Å². The Hall–Kier alpha value is -0.160. The van der Waals surface area contributed by atoms with Crippen molar-refractivity contribution in [2.45, 2.75) is 59.0 Å². The highest BCUT2D eigenvalue weighted by Crippen LogP contribution is 2.20. The molecular formula is C17H38N4. The van der Waals surface area contributed by atoms with Gasteiger partial charge in [0.05, 0.1) is 0 Å². The third-order valence-corrected chi connectivity index (χ3v) is 4.69. The largest absolute Gasteiger partial charge is 0.312 e. The van der Waals surface area contributed by atoms with Crippen LogP contribution in [0.1, 0.15) is 47.0 Å². The number of nitrogens with one attached hydrogen (secondary N) is 2. The Morgan fingerprint density at radius 1 is 0.714 bits per heavy atom. The predicted molar refractivity (Wildman–Crippen MR) is 93.0 cm³/mol. The maximum atomic E-state index is 3.68. The fourth-order valence-electron chi connectivity index (χ4n) is 2.91. The molecule has 1 saturated carbocycles. The molecule has 0 heterocycles. The molecule has 4 heteroatoms. The fourth-order valence-corrected chi connectivity index (χ4v) is 2.91. The van der Waals surface area contributed by atoms with E-state index in [1.54, 1.807) is 0 Å². The maximum absolute atomic E-state index is 3.68. The van der Waals surface area contributed by atoms with Crippen molar-refractivity contribution in [3.05, 3.63) is 0 Å². The minimum absolute atomic E-state index is 0.732. The molecule has 1 aliphatic rings. The van der Waals surface area contributed by atoms with Crippen molar-refractivity contribution >= 4 is 0 Å². The zero-order valence-corrected chi connectivity index (χ0v) is 14.8. The smallest absolute Gasteiger partial charge is 0.0237 e. The summed E-state index contributed by atoms with van der Waals surface area (Å²) in [6, 6.07) is 1.46. The van der Waals surface area contributed by atoms with E-state index in [4.69, 9.17) is 0 Å². The van der Waals surface area contributed by atoms with E-state index in [1.807, 2.05) is 0 Å². The SMILES string of the molecule is CCN(CC)CCCNC1CC1NCCCN(CC)CC. The van der Waals surface area contributed by atoms with Gasteiger partial charge in [-0.3, -0.25) is 0 Å². The van der Waals surface area contributed by atoms with Crippen LogP contribution in [0.15, 0.2) is 0 Å². The molecule has 1 fully saturated rings. The minimum atomic E-state index is 0.732. The molecule has 4 nitrogen and oxygen atoms in total. The molecule has 0 aromatic heterocycles. The highest BCUT2D eigenvalue weighted by molar-refractivity contribution is 4.99. The lowest BCUT2D eigenvalue weighted by Crippen LogP contribution is -2.32. The summed E-state index contributed by atoms with van der Waals surface area (Å²) in [5.74, 6) is 0. The first-order valence-corrected chi connectivity index (χ1v) is 9.16. The summed E-state index contributed by atoms with van der Waals surface area (Å²) in [6.45, 7) is 18.5. The standard InChI is InChI=1S/C17H38N4/c1-5-20(6-2)13-9-11-18-16-15-17(16)19-12-10-14-21(7-3)8-4/h16-19H,5-15H2,1-4H3. The van der Waals surface area contributed by atoms with Crippen molar-refractivity contribution in [3.63, 3.8) is 0 Å². The molecule has 0 aliphatic heterocycles. The first-order valence-electron chi connectivity index (χ1n) is 9.16. The molecule has 0 aromatic carbocycles. The van der Waals surface area contributed by atoms with E-state index in [9.17, 15) is 0 Å². The summed E-state index contributed by atoms with van der Waals surface area (Å²) in [5, 5.41) is 7.37. The van der Waals surface area contributed by atoms with Crippen LogP contribution in [-0.2, 0) is 0 Å². The molecule has 0 radical (unpaired) electrons. The van der Waals surface area contributed by atoms with E-state index in [2.05, 4.69) is 48.1 Å².